The summed E-state index contributed by atoms with van der Waals surface area (Å²) in [5.41, 5.74) is 2.99. The molecule has 0 bridgehead atoms. The first kappa shape index (κ1) is 16.0. The first-order valence-corrected chi connectivity index (χ1v) is 8.66. The fraction of sp³-hybridized carbons (Fsp3) is 0.100. The van der Waals surface area contributed by atoms with E-state index in [0.717, 1.165) is 16.6 Å². The van der Waals surface area contributed by atoms with E-state index in [4.69, 9.17) is 25.5 Å². The van der Waals surface area contributed by atoms with Gasteiger partial charge in [-0.1, -0.05) is 29.8 Å². The van der Waals surface area contributed by atoms with Crippen LogP contribution in [0.25, 0.3) is 22.0 Å². The Morgan fingerprint density at radius 2 is 1.96 bits per heavy atom. The summed E-state index contributed by atoms with van der Waals surface area (Å²) in [6.45, 7) is 1.64. The number of fused-ring (bicyclic) bond motifs is 3. The highest BCUT2D eigenvalue weighted by atomic mass is 35.5. The fourth-order valence-electron chi connectivity index (χ4n) is 3.26. The lowest BCUT2D eigenvalue weighted by molar-refractivity contribution is 0.101. The third-order valence-corrected chi connectivity index (χ3v) is 4.80. The van der Waals surface area contributed by atoms with Crippen molar-refractivity contribution in [3.05, 3.63) is 53.2 Å². The molecule has 0 spiro atoms. The van der Waals surface area contributed by atoms with Crippen LogP contribution in [0.2, 0.25) is 5.02 Å². The maximum absolute atomic E-state index is 12.2. The van der Waals surface area contributed by atoms with Crippen LogP contribution in [-0.2, 0) is 0 Å². The molecule has 0 amide bonds. The molecule has 0 radical (unpaired) electrons. The van der Waals surface area contributed by atoms with E-state index in [1.807, 2.05) is 24.3 Å². The number of para-hydroxylation sites is 1. The van der Waals surface area contributed by atoms with Crippen molar-refractivity contribution < 1.29 is 18.7 Å². The average molecular weight is 381 g/mol. The Morgan fingerprint density at radius 3 is 2.78 bits per heavy atom. The molecule has 134 valence electrons. The summed E-state index contributed by atoms with van der Waals surface area (Å²) in [4.78, 5) is 16.7. The second-order valence-corrected chi connectivity index (χ2v) is 6.61. The molecule has 7 heteroatoms. The van der Waals surface area contributed by atoms with Crippen molar-refractivity contribution in [2.24, 2.45) is 0 Å². The zero-order chi connectivity index (χ0) is 18.5. The van der Waals surface area contributed by atoms with Crippen LogP contribution in [0.15, 0.2) is 47.1 Å². The Hall–Kier alpha value is -3.25. The van der Waals surface area contributed by atoms with Crippen LogP contribution in [0.3, 0.4) is 0 Å². The summed E-state index contributed by atoms with van der Waals surface area (Å²) >= 11 is 6.36. The number of carbonyl (C=O) groups excluding carboxylic acids is 1. The molecule has 0 saturated carbocycles. The van der Waals surface area contributed by atoms with Crippen LogP contribution < -0.4 is 14.8 Å². The molecule has 1 aliphatic heterocycles. The number of pyridine rings is 1. The Balaban J connectivity index is 1.77. The van der Waals surface area contributed by atoms with Gasteiger partial charge in [0.05, 0.1) is 27.3 Å². The summed E-state index contributed by atoms with van der Waals surface area (Å²) in [5, 5.41) is 5.31. The standard InChI is InChI=1S/C20H13ClN2O4/c1-10(24)12-6-16-17(27-9-26-16)7-15(12)22-19-11-4-2-3-5-14(11)23-20-18(19)13(21)8-25-20/h2-8H,9H2,1H3,(H,22,23). The minimum Gasteiger partial charge on any atom is -0.454 e. The smallest absolute Gasteiger partial charge is 0.231 e. The van der Waals surface area contributed by atoms with Crippen molar-refractivity contribution >= 4 is 50.8 Å². The number of furan rings is 1. The van der Waals surface area contributed by atoms with Gasteiger partial charge in [-0.3, -0.25) is 4.79 Å². The van der Waals surface area contributed by atoms with Gasteiger partial charge < -0.3 is 19.2 Å². The lowest BCUT2D eigenvalue weighted by Crippen LogP contribution is -2.02. The Bertz CT molecular complexity index is 1230. The van der Waals surface area contributed by atoms with Crippen molar-refractivity contribution in [2.45, 2.75) is 6.92 Å². The third-order valence-electron chi connectivity index (χ3n) is 4.52. The zero-order valence-corrected chi connectivity index (χ0v) is 15.0. The van der Waals surface area contributed by atoms with Crippen LogP contribution in [0.5, 0.6) is 11.5 Å². The zero-order valence-electron chi connectivity index (χ0n) is 14.2. The molecule has 0 unspecified atom stereocenters. The van der Waals surface area contributed by atoms with Gasteiger partial charge >= 0.3 is 0 Å². The molecule has 0 fully saturated rings. The van der Waals surface area contributed by atoms with E-state index < -0.39 is 0 Å². The predicted octanol–water partition coefficient (Wildman–Crippen LogP) is 5.31. The van der Waals surface area contributed by atoms with Crippen molar-refractivity contribution in [2.75, 3.05) is 12.1 Å². The number of Topliss-reactive ketones (excluding diaryl/α,β-unsaturated/α-hetero) is 1. The lowest BCUT2D eigenvalue weighted by atomic mass is 10.1. The highest BCUT2D eigenvalue weighted by Gasteiger charge is 2.22. The van der Waals surface area contributed by atoms with E-state index in [0.29, 0.717) is 38.9 Å². The van der Waals surface area contributed by atoms with E-state index in [1.54, 1.807) is 12.1 Å². The molecular weight excluding hydrogens is 368 g/mol. The molecule has 27 heavy (non-hydrogen) atoms. The van der Waals surface area contributed by atoms with Gasteiger partial charge in [-0.15, -0.1) is 0 Å². The van der Waals surface area contributed by atoms with Crippen LogP contribution in [0.1, 0.15) is 17.3 Å². The number of benzene rings is 2. The van der Waals surface area contributed by atoms with E-state index in [1.165, 1.54) is 13.2 Å². The normalized spacial score (nSPS) is 12.7. The van der Waals surface area contributed by atoms with Gasteiger partial charge in [-0.2, -0.15) is 0 Å². The largest absolute Gasteiger partial charge is 0.454 e. The minimum atomic E-state index is -0.0938. The number of nitrogens with one attached hydrogen (secondary N) is 1. The Kier molecular flexibility index (Phi) is 3.48. The molecule has 0 saturated heterocycles. The number of ketones is 1. The molecule has 3 heterocycles. The number of aromatic nitrogens is 1. The monoisotopic (exact) mass is 380 g/mol. The van der Waals surface area contributed by atoms with Crippen molar-refractivity contribution in [3.8, 4) is 11.5 Å². The summed E-state index contributed by atoms with van der Waals surface area (Å²) in [7, 11) is 0. The number of hydrogen-bond donors (Lipinski definition) is 1. The maximum atomic E-state index is 12.2. The Morgan fingerprint density at radius 1 is 1.19 bits per heavy atom. The fourth-order valence-corrected chi connectivity index (χ4v) is 3.48. The van der Waals surface area contributed by atoms with Crippen LogP contribution >= 0.6 is 11.6 Å². The topological polar surface area (TPSA) is 73.6 Å². The second kappa shape index (κ2) is 5.89. The maximum Gasteiger partial charge on any atom is 0.231 e. The van der Waals surface area contributed by atoms with Gasteiger partial charge in [0.15, 0.2) is 17.3 Å². The van der Waals surface area contributed by atoms with Crippen molar-refractivity contribution in [3.63, 3.8) is 0 Å². The number of rotatable bonds is 3. The molecule has 0 atom stereocenters. The van der Waals surface area contributed by atoms with Gasteiger partial charge in [-0.05, 0) is 19.1 Å². The van der Waals surface area contributed by atoms with Crippen molar-refractivity contribution in [1.29, 1.82) is 0 Å². The van der Waals surface area contributed by atoms with Crippen molar-refractivity contribution in [1.82, 2.24) is 4.98 Å². The number of carbonyl (C=O) groups is 1. The van der Waals surface area contributed by atoms with Gasteiger partial charge in [0.2, 0.25) is 12.5 Å². The van der Waals surface area contributed by atoms with E-state index in [9.17, 15) is 4.79 Å². The molecule has 1 N–H and O–H groups in total. The quantitative estimate of drug-likeness (QED) is 0.485. The molecule has 4 aromatic rings. The lowest BCUT2D eigenvalue weighted by Gasteiger charge is -2.14. The van der Waals surface area contributed by atoms with Gasteiger partial charge in [0.1, 0.15) is 6.26 Å². The summed E-state index contributed by atoms with van der Waals surface area (Å²) in [5.74, 6) is 1.04. The molecular formula is C20H13ClN2O4. The molecule has 2 aromatic carbocycles. The highest BCUT2D eigenvalue weighted by Crippen LogP contribution is 2.42. The first-order chi connectivity index (χ1) is 13.1. The van der Waals surface area contributed by atoms with Gasteiger partial charge in [0, 0.05) is 17.0 Å². The van der Waals surface area contributed by atoms with Gasteiger partial charge in [-0.25, -0.2) is 4.98 Å². The average Bonchev–Trinajstić information content (AvgIpc) is 3.27. The van der Waals surface area contributed by atoms with Gasteiger partial charge in [0.25, 0.3) is 0 Å². The SMILES string of the molecule is CC(=O)c1cc2c(cc1Nc1c3ccccc3nc3occ(Cl)c13)OCO2. The highest BCUT2D eigenvalue weighted by molar-refractivity contribution is 6.37. The van der Waals surface area contributed by atoms with Crippen LogP contribution in [-0.4, -0.2) is 17.6 Å². The number of nitrogens with zero attached hydrogens (tertiary/aromatic N) is 1. The number of ether oxygens (including phenoxy) is 2. The van der Waals surface area contributed by atoms with Crippen LogP contribution in [0.4, 0.5) is 11.4 Å². The van der Waals surface area contributed by atoms with E-state index in [2.05, 4.69) is 10.3 Å². The number of halogens is 1. The summed E-state index contributed by atoms with van der Waals surface area (Å²) in [6.07, 6.45) is 1.45. The second-order valence-electron chi connectivity index (χ2n) is 6.20. The molecule has 2 aromatic heterocycles. The number of hydrogen-bond acceptors (Lipinski definition) is 6. The molecule has 5 rings (SSSR count). The first-order valence-electron chi connectivity index (χ1n) is 8.29. The predicted molar refractivity (Wildman–Crippen MR) is 102 cm³/mol. The van der Waals surface area contributed by atoms with E-state index >= 15 is 0 Å². The minimum absolute atomic E-state index is 0.0938. The summed E-state index contributed by atoms with van der Waals surface area (Å²) < 4.78 is 16.4. The molecule has 0 aliphatic carbocycles. The summed E-state index contributed by atoms with van der Waals surface area (Å²) in [6, 6.07) is 11.1. The third kappa shape index (κ3) is 2.49. The van der Waals surface area contributed by atoms with Crippen LogP contribution in [0, 0.1) is 0 Å². The molecule has 6 nitrogen and oxygen atoms in total. The van der Waals surface area contributed by atoms with E-state index in [-0.39, 0.29) is 12.6 Å². The number of anilines is 2. The Labute approximate surface area is 158 Å². The molecule has 1 aliphatic rings.